The number of ether oxygens (including phenoxy) is 1. The SMILES string of the molecule is CCCCCCCCCCCCCC(CC(=O)O)OC(=O)CC(O)CCCCCC. The number of unbranched alkanes of at least 4 members (excludes halogenated alkanes) is 13. The fraction of sp³-hybridized carbons (Fsp3) is 0.920. The molecule has 2 atom stereocenters. The molecule has 0 bridgehead atoms. The van der Waals surface area contributed by atoms with Gasteiger partial charge in [0.2, 0.25) is 0 Å². The number of rotatable bonds is 22. The number of aliphatic carboxylic acids is 1. The largest absolute Gasteiger partial charge is 0.481 e. The molecule has 0 aromatic carbocycles. The van der Waals surface area contributed by atoms with Crippen molar-refractivity contribution in [2.24, 2.45) is 0 Å². The molecule has 0 aliphatic heterocycles. The third-order valence-corrected chi connectivity index (χ3v) is 5.62. The lowest BCUT2D eigenvalue weighted by Gasteiger charge is -2.17. The quantitative estimate of drug-likeness (QED) is 0.146. The molecule has 0 spiro atoms. The van der Waals surface area contributed by atoms with E-state index in [9.17, 15) is 14.7 Å². The van der Waals surface area contributed by atoms with Gasteiger partial charge in [0.05, 0.1) is 18.9 Å². The number of carboxylic acids is 1. The van der Waals surface area contributed by atoms with E-state index in [1.807, 2.05) is 0 Å². The third-order valence-electron chi connectivity index (χ3n) is 5.62. The molecule has 178 valence electrons. The number of carboxylic acid groups (broad SMARTS) is 1. The van der Waals surface area contributed by atoms with Gasteiger partial charge in [-0.2, -0.15) is 0 Å². The van der Waals surface area contributed by atoms with Crippen molar-refractivity contribution >= 4 is 11.9 Å². The average molecular weight is 429 g/mol. The van der Waals surface area contributed by atoms with Gasteiger partial charge in [-0.05, 0) is 19.3 Å². The molecule has 0 aromatic rings. The van der Waals surface area contributed by atoms with E-state index in [1.165, 1.54) is 51.4 Å². The molecule has 5 nitrogen and oxygen atoms in total. The minimum Gasteiger partial charge on any atom is -0.481 e. The maximum absolute atomic E-state index is 12.1. The molecule has 0 aliphatic rings. The predicted molar refractivity (Wildman–Crippen MR) is 123 cm³/mol. The molecular weight excluding hydrogens is 380 g/mol. The number of aliphatic hydroxyl groups is 1. The average Bonchev–Trinajstić information content (AvgIpc) is 2.68. The van der Waals surface area contributed by atoms with E-state index in [0.29, 0.717) is 12.8 Å². The maximum atomic E-state index is 12.1. The van der Waals surface area contributed by atoms with Gasteiger partial charge in [-0.25, -0.2) is 0 Å². The Kier molecular flexibility index (Phi) is 20.4. The molecule has 0 aliphatic carbocycles. The zero-order valence-electron chi connectivity index (χ0n) is 19.7. The normalized spacial score (nSPS) is 13.2. The lowest BCUT2D eigenvalue weighted by molar-refractivity contribution is -0.155. The van der Waals surface area contributed by atoms with Crippen molar-refractivity contribution < 1.29 is 24.5 Å². The van der Waals surface area contributed by atoms with Crippen LogP contribution in [0.25, 0.3) is 0 Å². The van der Waals surface area contributed by atoms with Crippen molar-refractivity contribution in [3.05, 3.63) is 0 Å². The van der Waals surface area contributed by atoms with Crippen molar-refractivity contribution in [3.63, 3.8) is 0 Å². The lowest BCUT2D eigenvalue weighted by Crippen LogP contribution is -2.24. The highest BCUT2D eigenvalue weighted by atomic mass is 16.5. The first kappa shape index (κ1) is 28.9. The first-order chi connectivity index (χ1) is 14.5. The van der Waals surface area contributed by atoms with Crippen LogP contribution in [-0.2, 0) is 14.3 Å². The molecule has 0 heterocycles. The second-order valence-electron chi connectivity index (χ2n) is 8.74. The van der Waals surface area contributed by atoms with Crippen LogP contribution in [0.4, 0.5) is 0 Å². The first-order valence-electron chi connectivity index (χ1n) is 12.6. The van der Waals surface area contributed by atoms with Crippen LogP contribution in [0.15, 0.2) is 0 Å². The van der Waals surface area contributed by atoms with Gasteiger partial charge >= 0.3 is 11.9 Å². The summed E-state index contributed by atoms with van der Waals surface area (Å²) < 4.78 is 5.37. The minimum absolute atomic E-state index is 0.0412. The van der Waals surface area contributed by atoms with E-state index in [-0.39, 0.29) is 12.8 Å². The van der Waals surface area contributed by atoms with Gasteiger partial charge in [-0.3, -0.25) is 9.59 Å². The van der Waals surface area contributed by atoms with E-state index in [1.54, 1.807) is 0 Å². The van der Waals surface area contributed by atoms with Gasteiger partial charge in [0.1, 0.15) is 6.10 Å². The Morgan fingerprint density at radius 1 is 0.667 bits per heavy atom. The number of aliphatic hydroxyl groups excluding tert-OH is 1. The van der Waals surface area contributed by atoms with Crippen molar-refractivity contribution in [1.29, 1.82) is 0 Å². The Hall–Kier alpha value is -1.10. The fourth-order valence-electron chi connectivity index (χ4n) is 3.77. The summed E-state index contributed by atoms with van der Waals surface area (Å²) >= 11 is 0. The summed E-state index contributed by atoms with van der Waals surface area (Å²) in [5.41, 5.74) is 0. The topological polar surface area (TPSA) is 83.8 Å². The highest BCUT2D eigenvalue weighted by Crippen LogP contribution is 2.16. The van der Waals surface area contributed by atoms with Crippen LogP contribution in [0, 0.1) is 0 Å². The van der Waals surface area contributed by atoms with Gasteiger partial charge in [0.25, 0.3) is 0 Å². The molecule has 2 unspecified atom stereocenters. The fourth-order valence-corrected chi connectivity index (χ4v) is 3.77. The van der Waals surface area contributed by atoms with Crippen LogP contribution in [-0.4, -0.2) is 34.4 Å². The number of carbonyl (C=O) groups is 2. The van der Waals surface area contributed by atoms with E-state index >= 15 is 0 Å². The Balaban J connectivity index is 3.89. The standard InChI is InChI=1S/C25H48O5/c1-3-5-7-9-10-11-12-13-14-15-17-19-23(21-24(27)28)30-25(29)20-22(26)18-16-8-6-4-2/h22-23,26H,3-21H2,1-2H3,(H,27,28). The highest BCUT2D eigenvalue weighted by molar-refractivity contribution is 5.71. The summed E-state index contributed by atoms with van der Waals surface area (Å²) in [7, 11) is 0. The zero-order chi connectivity index (χ0) is 22.5. The van der Waals surface area contributed by atoms with Crippen LogP contribution < -0.4 is 0 Å². The summed E-state index contributed by atoms with van der Waals surface area (Å²) in [6.45, 7) is 4.37. The zero-order valence-corrected chi connectivity index (χ0v) is 19.7. The number of hydrogen-bond donors (Lipinski definition) is 2. The number of hydrogen-bond acceptors (Lipinski definition) is 4. The van der Waals surface area contributed by atoms with Crippen LogP contribution in [0.2, 0.25) is 0 Å². The van der Waals surface area contributed by atoms with E-state index in [4.69, 9.17) is 9.84 Å². The van der Waals surface area contributed by atoms with Gasteiger partial charge in [0.15, 0.2) is 0 Å². The van der Waals surface area contributed by atoms with Crippen molar-refractivity contribution in [3.8, 4) is 0 Å². The minimum atomic E-state index is -0.948. The van der Waals surface area contributed by atoms with Crippen LogP contribution >= 0.6 is 0 Å². The Bertz CT molecular complexity index is 410. The van der Waals surface area contributed by atoms with Crippen LogP contribution in [0.5, 0.6) is 0 Å². The summed E-state index contributed by atoms with van der Waals surface area (Å²) in [5.74, 6) is -1.43. The summed E-state index contributed by atoms with van der Waals surface area (Å²) in [5, 5.41) is 19.1. The van der Waals surface area contributed by atoms with Gasteiger partial charge in [-0.1, -0.05) is 104 Å². The van der Waals surface area contributed by atoms with Crippen LogP contribution in [0.3, 0.4) is 0 Å². The number of carbonyl (C=O) groups excluding carboxylic acids is 1. The van der Waals surface area contributed by atoms with Crippen LogP contribution in [0.1, 0.15) is 136 Å². The van der Waals surface area contributed by atoms with Gasteiger partial charge in [0, 0.05) is 0 Å². The molecule has 0 rings (SSSR count). The highest BCUT2D eigenvalue weighted by Gasteiger charge is 2.20. The molecule has 0 saturated carbocycles. The van der Waals surface area contributed by atoms with E-state index < -0.39 is 24.1 Å². The lowest BCUT2D eigenvalue weighted by atomic mass is 10.0. The third kappa shape index (κ3) is 20.2. The van der Waals surface area contributed by atoms with E-state index in [2.05, 4.69) is 13.8 Å². The Morgan fingerprint density at radius 2 is 1.10 bits per heavy atom. The molecule has 0 aromatic heterocycles. The molecule has 0 radical (unpaired) electrons. The Labute approximate surface area is 185 Å². The first-order valence-corrected chi connectivity index (χ1v) is 12.6. The van der Waals surface area contributed by atoms with Gasteiger partial charge < -0.3 is 14.9 Å². The molecule has 2 N–H and O–H groups in total. The van der Waals surface area contributed by atoms with Gasteiger partial charge in [-0.15, -0.1) is 0 Å². The summed E-state index contributed by atoms with van der Waals surface area (Å²) in [6, 6.07) is 0. The summed E-state index contributed by atoms with van der Waals surface area (Å²) in [4.78, 5) is 23.1. The maximum Gasteiger partial charge on any atom is 0.308 e. The second kappa shape index (κ2) is 21.1. The molecule has 0 amide bonds. The van der Waals surface area contributed by atoms with E-state index in [0.717, 1.165) is 44.9 Å². The monoisotopic (exact) mass is 428 g/mol. The molecular formula is C25H48O5. The van der Waals surface area contributed by atoms with Crippen molar-refractivity contribution in [2.45, 2.75) is 148 Å². The molecule has 5 heteroatoms. The molecule has 0 fully saturated rings. The predicted octanol–water partition coefficient (Wildman–Crippen LogP) is 6.80. The molecule has 0 saturated heterocycles. The smallest absolute Gasteiger partial charge is 0.308 e. The Morgan fingerprint density at radius 3 is 1.60 bits per heavy atom. The second-order valence-corrected chi connectivity index (χ2v) is 8.74. The summed E-state index contributed by atoms with van der Waals surface area (Å²) in [6.07, 6.45) is 17.5. The number of esters is 1. The molecule has 30 heavy (non-hydrogen) atoms. The van der Waals surface area contributed by atoms with Crippen molar-refractivity contribution in [1.82, 2.24) is 0 Å². The van der Waals surface area contributed by atoms with Crippen molar-refractivity contribution in [2.75, 3.05) is 0 Å².